The highest BCUT2D eigenvalue weighted by atomic mass is 35.5. The van der Waals surface area contributed by atoms with Crippen molar-refractivity contribution in [3.05, 3.63) is 59.1 Å². The Labute approximate surface area is 168 Å². The Kier molecular flexibility index (Phi) is 5.94. The van der Waals surface area contributed by atoms with Crippen LogP contribution in [0.1, 0.15) is 45.6 Å². The largest absolute Gasteiger partial charge is 0.299 e. The fraction of sp³-hybridized carbons (Fsp3) is 0.458. The predicted molar refractivity (Wildman–Crippen MR) is 114 cm³/mol. The smallest absolute Gasteiger partial charge is 0.0627 e. The molecule has 0 N–H and O–H groups in total. The number of piperidine rings is 1. The van der Waals surface area contributed by atoms with E-state index in [1.54, 1.807) is 0 Å². The number of nitriles is 1. The quantitative estimate of drug-likeness (QED) is 0.601. The van der Waals surface area contributed by atoms with Gasteiger partial charge in [0.15, 0.2) is 0 Å². The van der Waals surface area contributed by atoms with Crippen LogP contribution in [0.15, 0.2) is 48.5 Å². The van der Waals surface area contributed by atoms with Gasteiger partial charge in [-0.3, -0.25) is 4.90 Å². The first kappa shape index (κ1) is 19.9. The standard InChI is InChI=1S/C24H29ClN2/c1-23(2,3)24(12-15-26)13-16-27(17-14-24)18-19-4-6-20(7-5-19)21-8-10-22(25)11-9-21/h4-11H,12-14,16-18H2,1-3H3. The lowest BCUT2D eigenvalue weighted by molar-refractivity contribution is 0.00711. The molecule has 2 nitrogen and oxygen atoms in total. The second-order valence-electron chi connectivity index (χ2n) is 8.85. The number of nitrogens with zero attached hydrogens (tertiary/aromatic N) is 2. The maximum absolute atomic E-state index is 9.31. The highest BCUT2D eigenvalue weighted by molar-refractivity contribution is 6.30. The maximum atomic E-state index is 9.31. The van der Waals surface area contributed by atoms with Gasteiger partial charge in [-0.05, 0) is 65.6 Å². The van der Waals surface area contributed by atoms with Crippen LogP contribution in [0.2, 0.25) is 5.02 Å². The van der Waals surface area contributed by atoms with Crippen LogP contribution < -0.4 is 0 Å². The molecule has 0 saturated carbocycles. The molecule has 1 saturated heterocycles. The van der Waals surface area contributed by atoms with Gasteiger partial charge < -0.3 is 0 Å². The molecule has 27 heavy (non-hydrogen) atoms. The fourth-order valence-corrected chi connectivity index (χ4v) is 4.31. The van der Waals surface area contributed by atoms with E-state index in [0.717, 1.165) is 37.5 Å². The molecule has 1 aliphatic heterocycles. The molecule has 0 aromatic heterocycles. The van der Waals surface area contributed by atoms with Gasteiger partial charge in [-0.15, -0.1) is 0 Å². The first-order valence-corrected chi connectivity index (χ1v) is 10.1. The van der Waals surface area contributed by atoms with Gasteiger partial charge >= 0.3 is 0 Å². The summed E-state index contributed by atoms with van der Waals surface area (Å²) in [5, 5.41) is 10.1. The summed E-state index contributed by atoms with van der Waals surface area (Å²) in [5.74, 6) is 0. The molecule has 0 spiro atoms. The third-order valence-electron chi connectivity index (χ3n) is 6.36. The normalized spacial score (nSPS) is 17.4. The third-order valence-corrected chi connectivity index (χ3v) is 6.61. The van der Waals surface area contributed by atoms with Crippen molar-refractivity contribution in [2.24, 2.45) is 10.8 Å². The molecule has 142 valence electrons. The molecule has 2 aromatic rings. The van der Waals surface area contributed by atoms with Gasteiger partial charge in [0.25, 0.3) is 0 Å². The average molecular weight is 381 g/mol. The molecule has 0 radical (unpaired) electrons. The summed E-state index contributed by atoms with van der Waals surface area (Å²) in [7, 11) is 0. The second kappa shape index (κ2) is 8.05. The van der Waals surface area contributed by atoms with Crippen LogP contribution in [0.3, 0.4) is 0 Å². The highest BCUT2D eigenvalue weighted by Gasteiger charge is 2.43. The van der Waals surface area contributed by atoms with Gasteiger partial charge in [0, 0.05) is 18.0 Å². The number of benzene rings is 2. The van der Waals surface area contributed by atoms with Crippen molar-refractivity contribution in [3.8, 4) is 17.2 Å². The SMILES string of the molecule is CC(C)(C)C1(CC#N)CCN(Cc2ccc(-c3ccc(Cl)cc3)cc2)CC1. The van der Waals surface area contributed by atoms with E-state index in [2.05, 4.69) is 68.1 Å². The summed E-state index contributed by atoms with van der Waals surface area (Å²) >= 11 is 5.98. The highest BCUT2D eigenvalue weighted by Crippen LogP contribution is 2.49. The minimum atomic E-state index is 0.149. The molecule has 1 fully saturated rings. The van der Waals surface area contributed by atoms with Gasteiger partial charge in [-0.1, -0.05) is 68.8 Å². The van der Waals surface area contributed by atoms with E-state index < -0.39 is 0 Å². The van der Waals surface area contributed by atoms with Crippen LogP contribution in [0.4, 0.5) is 0 Å². The molecule has 3 rings (SSSR count). The monoisotopic (exact) mass is 380 g/mol. The van der Waals surface area contributed by atoms with E-state index in [-0.39, 0.29) is 10.8 Å². The zero-order chi connectivity index (χ0) is 19.5. The lowest BCUT2D eigenvalue weighted by atomic mass is 9.60. The lowest BCUT2D eigenvalue weighted by Crippen LogP contribution is -2.46. The van der Waals surface area contributed by atoms with Crippen LogP contribution in [0, 0.1) is 22.2 Å². The molecule has 3 heteroatoms. The van der Waals surface area contributed by atoms with Crippen molar-refractivity contribution in [2.75, 3.05) is 13.1 Å². The minimum absolute atomic E-state index is 0.149. The Balaban J connectivity index is 1.62. The number of hydrogen-bond acceptors (Lipinski definition) is 2. The van der Waals surface area contributed by atoms with Crippen molar-refractivity contribution in [1.29, 1.82) is 5.26 Å². The van der Waals surface area contributed by atoms with Crippen molar-refractivity contribution < 1.29 is 0 Å². The number of likely N-dealkylation sites (tertiary alicyclic amines) is 1. The first-order chi connectivity index (χ1) is 12.8. The Morgan fingerprint density at radius 3 is 1.96 bits per heavy atom. The van der Waals surface area contributed by atoms with Crippen molar-refractivity contribution in [1.82, 2.24) is 4.90 Å². The molecule has 1 heterocycles. The first-order valence-electron chi connectivity index (χ1n) is 9.77. The Morgan fingerprint density at radius 2 is 1.48 bits per heavy atom. The molecule has 0 amide bonds. The summed E-state index contributed by atoms with van der Waals surface area (Å²) in [4.78, 5) is 2.53. The van der Waals surface area contributed by atoms with Gasteiger partial charge in [-0.25, -0.2) is 0 Å². The number of hydrogen-bond donors (Lipinski definition) is 0. The summed E-state index contributed by atoms with van der Waals surface area (Å²) < 4.78 is 0. The molecule has 0 aliphatic carbocycles. The van der Waals surface area contributed by atoms with Crippen LogP contribution in [-0.4, -0.2) is 18.0 Å². The Bertz CT molecular complexity index is 786. The molecule has 0 atom stereocenters. The maximum Gasteiger partial charge on any atom is 0.0627 e. The van der Waals surface area contributed by atoms with E-state index in [9.17, 15) is 5.26 Å². The van der Waals surface area contributed by atoms with Gasteiger partial charge in [0.05, 0.1) is 6.07 Å². The summed E-state index contributed by atoms with van der Waals surface area (Å²) in [6.45, 7) is 9.98. The third kappa shape index (κ3) is 4.54. The van der Waals surface area contributed by atoms with Crippen molar-refractivity contribution in [3.63, 3.8) is 0 Å². The van der Waals surface area contributed by atoms with E-state index in [1.165, 1.54) is 16.7 Å². The van der Waals surface area contributed by atoms with Gasteiger partial charge in [-0.2, -0.15) is 5.26 Å². The minimum Gasteiger partial charge on any atom is -0.299 e. The molecule has 1 aliphatic rings. The number of halogens is 1. The molecule has 0 bridgehead atoms. The van der Waals surface area contributed by atoms with E-state index in [1.807, 2.05) is 12.1 Å². The average Bonchev–Trinajstić information content (AvgIpc) is 2.64. The zero-order valence-corrected chi connectivity index (χ0v) is 17.4. The van der Waals surface area contributed by atoms with Gasteiger partial charge in [0.1, 0.15) is 0 Å². The summed E-state index contributed by atoms with van der Waals surface area (Å²) in [6.07, 6.45) is 2.87. The zero-order valence-electron chi connectivity index (χ0n) is 16.6. The Morgan fingerprint density at radius 1 is 0.963 bits per heavy atom. The number of rotatable bonds is 4. The van der Waals surface area contributed by atoms with Crippen LogP contribution in [0.25, 0.3) is 11.1 Å². The van der Waals surface area contributed by atoms with Crippen LogP contribution >= 0.6 is 11.6 Å². The molecule has 0 unspecified atom stereocenters. The summed E-state index contributed by atoms with van der Waals surface area (Å²) in [5.41, 5.74) is 4.08. The second-order valence-corrected chi connectivity index (χ2v) is 9.28. The van der Waals surface area contributed by atoms with Crippen LogP contribution in [0.5, 0.6) is 0 Å². The van der Waals surface area contributed by atoms with E-state index in [0.29, 0.717) is 6.42 Å². The molecule has 2 aromatic carbocycles. The van der Waals surface area contributed by atoms with Crippen LogP contribution in [-0.2, 0) is 6.54 Å². The van der Waals surface area contributed by atoms with Gasteiger partial charge in [0.2, 0.25) is 0 Å². The Hall–Kier alpha value is -1.82. The molecular formula is C24H29ClN2. The predicted octanol–water partition coefficient (Wildman–Crippen LogP) is 6.55. The molecular weight excluding hydrogens is 352 g/mol. The fourth-order valence-electron chi connectivity index (χ4n) is 4.19. The van der Waals surface area contributed by atoms with E-state index >= 15 is 0 Å². The van der Waals surface area contributed by atoms with Crippen molar-refractivity contribution in [2.45, 2.75) is 46.6 Å². The summed E-state index contributed by atoms with van der Waals surface area (Å²) in [6, 6.07) is 19.3. The van der Waals surface area contributed by atoms with E-state index in [4.69, 9.17) is 11.6 Å². The topological polar surface area (TPSA) is 27.0 Å². The van der Waals surface area contributed by atoms with Crippen molar-refractivity contribution >= 4 is 11.6 Å². The lowest BCUT2D eigenvalue weighted by Gasteiger charge is -2.49.